The van der Waals surface area contributed by atoms with Crippen molar-refractivity contribution in [3.05, 3.63) is 29.3 Å². The smallest absolute Gasteiger partial charge is 0.198 e. The molecule has 0 nitrogen and oxygen atoms in total. The molecule has 14 heavy (non-hydrogen) atoms. The van der Waals surface area contributed by atoms with Gasteiger partial charge in [-0.3, -0.25) is 14.1 Å². The highest BCUT2D eigenvalue weighted by Crippen LogP contribution is 2.20. The zero-order valence-electron chi connectivity index (χ0n) is 6.26. The Morgan fingerprint density at radius 3 is 1.64 bits per heavy atom. The Kier molecular flexibility index (Phi) is 8.75. The van der Waals surface area contributed by atoms with Crippen molar-refractivity contribution in [2.45, 2.75) is 4.90 Å². The average Bonchev–Trinajstić information content (AvgIpc) is 1.97. The van der Waals surface area contributed by atoms with Gasteiger partial charge in [-0.15, -0.1) is 12.6 Å². The quantitative estimate of drug-likeness (QED) is 0.307. The maximum absolute atomic E-state index is 12.3. The topological polar surface area (TPSA) is 0 Å². The van der Waals surface area contributed by atoms with E-state index in [0.29, 0.717) is 6.07 Å². The molecule has 0 atom stereocenters. The van der Waals surface area contributed by atoms with Crippen LogP contribution >= 0.6 is 12.6 Å². The Morgan fingerprint density at radius 2 is 1.21 bits per heavy atom. The first kappa shape index (κ1) is 18.8. The first-order chi connectivity index (χ1) is 5.04. The van der Waals surface area contributed by atoms with Crippen LogP contribution in [-0.2, 0) is 0 Å². The molecule has 0 aliphatic rings. The lowest BCUT2D eigenvalue weighted by Gasteiger charge is -1.98. The Labute approximate surface area is 79.4 Å². The molecule has 0 fully saturated rings. The summed E-state index contributed by atoms with van der Waals surface area (Å²) in [6.07, 6.45) is 0. The van der Waals surface area contributed by atoms with Crippen LogP contribution in [0.15, 0.2) is 11.0 Å². The monoisotopic (exact) mass is 242 g/mol. The fraction of sp³-hybridized carbons (Fsp3) is 0. The van der Waals surface area contributed by atoms with Crippen molar-refractivity contribution >= 4 is 12.6 Å². The molecule has 0 N–H and O–H groups in total. The first-order valence-corrected chi connectivity index (χ1v) is 3.00. The molecule has 1 aromatic rings. The predicted octanol–water partition coefficient (Wildman–Crippen LogP) is 2.99. The molecule has 84 valence electrons. The van der Waals surface area contributed by atoms with Crippen molar-refractivity contribution in [3.8, 4) is 0 Å². The van der Waals surface area contributed by atoms with E-state index in [1.165, 1.54) is 0 Å². The van der Waals surface area contributed by atoms with Crippen LogP contribution in [0.1, 0.15) is 0 Å². The first-order valence-electron chi connectivity index (χ1n) is 2.56. The van der Waals surface area contributed by atoms with Crippen molar-refractivity contribution < 1.29 is 31.7 Å². The SMILES string of the molecule is F.F.F.Fc1cc(S)c(F)c(F)c1F. The van der Waals surface area contributed by atoms with Crippen molar-refractivity contribution in [3.63, 3.8) is 0 Å². The third kappa shape index (κ3) is 3.09. The van der Waals surface area contributed by atoms with Gasteiger partial charge in [-0.25, -0.2) is 17.6 Å². The normalized spacial score (nSPS) is 8.07. The van der Waals surface area contributed by atoms with Gasteiger partial charge < -0.3 is 0 Å². The molecule has 1 aromatic carbocycles. The van der Waals surface area contributed by atoms with Gasteiger partial charge >= 0.3 is 0 Å². The van der Waals surface area contributed by atoms with Crippen molar-refractivity contribution in [2.24, 2.45) is 0 Å². The summed E-state index contributed by atoms with van der Waals surface area (Å²) in [5.74, 6) is -6.59. The van der Waals surface area contributed by atoms with Gasteiger partial charge in [-0.2, -0.15) is 0 Å². The molecule has 0 unspecified atom stereocenters. The van der Waals surface area contributed by atoms with E-state index in [4.69, 9.17) is 0 Å². The minimum Gasteiger partial charge on any atom is -0.269 e. The molecule has 0 aromatic heterocycles. The molecule has 0 saturated carbocycles. The van der Waals surface area contributed by atoms with Gasteiger partial charge in [0.05, 0.1) is 0 Å². The van der Waals surface area contributed by atoms with E-state index in [2.05, 4.69) is 12.6 Å². The predicted molar refractivity (Wildman–Crippen MR) is 41.0 cm³/mol. The van der Waals surface area contributed by atoms with Crippen LogP contribution in [-0.4, -0.2) is 0 Å². The third-order valence-electron chi connectivity index (χ3n) is 1.08. The summed E-state index contributed by atoms with van der Waals surface area (Å²) in [5, 5.41) is 0. The molecule has 0 saturated heterocycles. The second kappa shape index (κ2) is 6.52. The van der Waals surface area contributed by atoms with E-state index in [-0.39, 0.29) is 14.1 Å². The molecule has 1 rings (SSSR count). The Morgan fingerprint density at radius 1 is 0.786 bits per heavy atom. The third-order valence-corrected chi connectivity index (χ3v) is 1.41. The number of halogens is 7. The summed E-state index contributed by atoms with van der Waals surface area (Å²) >= 11 is 3.36. The van der Waals surface area contributed by atoms with E-state index in [9.17, 15) is 17.6 Å². The zero-order valence-corrected chi connectivity index (χ0v) is 7.16. The summed E-state index contributed by atoms with van der Waals surface area (Å²) in [7, 11) is 0. The minimum absolute atomic E-state index is 0. The minimum atomic E-state index is -1.84. The largest absolute Gasteiger partial charge is 0.269 e. The number of hydrogen-bond acceptors (Lipinski definition) is 1. The van der Waals surface area contributed by atoms with E-state index in [0.717, 1.165) is 0 Å². The molecule has 0 aliphatic heterocycles. The Bertz CT molecular complexity index is 274. The van der Waals surface area contributed by atoms with Crippen LogP contribution in [0.3, 0.4) is 0 Å². The second-order valence-corrected chi connectivity index (χ2v) is 2.30. The summed E-state index contributed by atoms with van der Waals surface area (Å²) < 4.78 is 48.9. The van der Waals surface area contributed by atoms with Crippen molar-refractivity contribution in [1.82, 2.24) is 0 Å². The van der Waals surface area contributed by atoms with Crippen LogP contribution in [0, 0.1) is 23.3 Å². The fourth-order valence-corrected chi connectivity index (χ4v) is 0.772. The standard InChI is InChI=1S/C6H2F4S.3FH/c7-2-1-3(11)5(9)6(10)4(2)8;;;/h1,11H;3*1H. The van der Waals surface area contributed by atoms with E-state index in [1.807, 2.05) is 0 Å². The Balaban J connectivity index is -0.000000403. The maximum Gasteiger partial charge on any atom is 0.198 e. The number of hydrogen-bond donors (Lipinski definition) is 1. The highest BCUT2D eigenvalue weighted by molar-refractivity contribution is 7.80. The van der Waals surface area contributed by atoms with Crippen LogP contribution in [0.2, 0.25) is 0 Å². The van der Waals surface area contributed by atoms with Crippen LogP contribution < -0.4 is 0 Å². The maximum atomic E-state index is 12.3. The zero-order chi connectivity index (χ0) is 8.59. The fourth-order valence-electron chi connectivity index (χ4n) is 0.560. The molecule has 0 radical (unpaired) electrons. The van der Waals surface area contributed by atoms with Crippen LogP contribution in [0.4, 0.5) is 31.7 Å². The number of rotatable bonds is 0. The van der Waals surface area contributed by atoms with Crippen LogP contribution in [0.5, 0.6) is 0 Å². The molecular weight excluding hydrogens is 237 g/mol. The molecule has 8 heteroatoms. The van der Waals surface area contributed by atoms with Crippen molar-refractivity contribution in [2.75, 3.05) is 0 Å². The number of thiol groups is 1. The molecule has 0 spiro atoms. The molecule has 0 heterocycles. The van der Waals surface area contributed by atoms with Gasteiger partial charge in [0.15, 0.2) is 23.3 Å². The van der Waals surface area contributed by atoms with Gasteiger partial charge in [0.2, 0.25) is 0 Å². The summed E-state index contributed by atoms with van der Waals surface area (Å²) in [5.41, 5.74) is 0. The van der Waals surface area contributed by atoms with Gasteiger partial charge in [0.25, 0.3) is 0 Å². The molecule has 0 amide bonds. The lowest BCUT2D eigenvalue weighted by Crippen LogP contribution is -1.95. The molecule has 0 bridgehead atoms. The van der Waals surface area contributed by atoms with E-state index >= 15 is 0 Å². The average molecular weight is 242 g/mol. The van der Waals surface area contributed by atoms with Gasteiger partial charge in [-0.05, 0) is 6.07 Å². The van der Waals surface area contributed by atoms with Crippen LogP contribution in [0.25, 0.3) is 0 Å². The number of benzene rings is 1. The highest BCUT2D eigenvalue weighted by atomic mass is 32.1. The van der Waals surface area contributed by atoms with Gasteiger partial charge in [0, 0.05) is 4.90 Å². The lowest BCUT2D eigenvalue weighted by atomic mass is 10.3. The van der Waals surface area contributed by atoms with Crippen molar-refractivity contribution in [1.29, 1.82) is 0 Å². The summed E-state index contributed by atoms with van der Waals surface area (Å²) in [6, 6.07) is 0.469. The summed E-state index contributed by atoms with van der Waals surface area (Å²) in [6.45, 7) is 0. The lowest BCUT2D eigenvalue weighted by molar-refractivity contribution is 0.399. The molecule has 0 aliphatic carbocycles. The summed E-state index contributed by atoms with van der Waals surface area (Å²) in [4.78, 5) is -0.554. The van der Waals surface area contributed by atoms with Gasteiger partial charge in [0.1, 0.15) is 0 Å². The Hall–Kier alpha value is -0.920. The molecular formula is C6H5F7S. The highest BCUT2D eigenvalue weighted by Gasteiger charge is 2.16. The van der Waals surface area contributed by atoms with E-state index in [1.54, 1.807) is 0 Å². The van der Waals surface area contributed by atoms with E-state index < -0.39 is 28.2 Å². The van der Waals surface area contributed by atoms with Gasteiger partial charge in [-0.1, -0.05) is 0 Å². The second-order valence-electron chi connectivity index (χ2n) is 1.82.